The number of hydrogen-bond donors (Lipinski definition) is 1. The van der Waals surface area contributed by atoms with Crippen LogP contribution in [0.3, 0.4) is 0 Å². The van der Waals surface area contributed by atoms with Gasteiger partial charge in [0.15, 0.2) is 0 Å². The molecule has 1 rings (SSSR count). The molecule has 2 nitrogen and oxygen atoms in total. The number of alkyl halides is 1. The van der Waals surface area contributed by atoms with E-state index in [0.717, 1.165) is 6.54 Å². The molecule has 1 fully saturated rings. The van der Waals surface area contributed by atoms with Crippen molar-refractivity contribution in [3.63, 3.8) is 0 Å². The Kier molecular flexibility index (Phi) is 2.84. The fourth-order valence-electron chi connectivity index (χ4n) is 1.38. The van der Waals surface area contributed by atoms with Gasteiger partial charge in [0, 0.05) is 19.1 Å². The number of rotatable bonds is 1. The summed E-state index contributed by atoms with van der Waals surface area (Å²) in [6.07, 6.45) is -1.21. The van der Waals surface area contributed by atoms with Crippen LogP contribution in [0.1, 0.15) is 20.3 Å². The number of hydrogen-bond acceptors (Lipinski definition) is 2. The van der Waals surface area contributed by atoms with E-state index in [2.05, 4.69) is 4.90 Å². The number of aliphatic hydroxyl groups excluding tert-OH is 1. The summed E-state index contributed by atoms with van der Waals surface area (Å²) >= 11 is 0. The van der Waals surface area contributed by atoms with Crippen LogP contribution in [0.5, 0.6) is 0 Å². The first-order chi connectivity index (χ1) is 5.11. The zero-order valence-electron chi connectivity index (χ0n) is 7.13. The summed E-state index contributed by atoms with van der Waals surface area (Å²) in [5.41, 5.74) is 0. The van der Waals surface area contributed by atoms with Gasteiger partial charge in [-0.2, -0.15) is 0 Å². The lowest BCUT2D eigenvalue weighted by Crippen LogP contribution is -2.47. The molecule has 0 aliphatic carbocycles. The average Bonchev–Trinajstić information content (AvgIpc) is 1.94. The van der Waals surface area contributed by atoms with Gasteiger partial charge < -0.3 is 5.11 Å². The molecule has 66 valence electrons. The molecular weight excluding hydrogens is 145 g/mol. The lowest BCUT2D eigenvalue weighted by molar-refractivity contribution is -0.00315. The summed E-state index contributed by atoms with van der Waals surface area (Å²) in [6.45, 7) is 5.30. The monoisotopic (exact) mass is 161 g/mol. The van der Waals surface area contributed by atoms with Crippen LogP contribution in [0.25, 0.3) is 0 Å². The molecule has 2 atom stereocenters. The molecule has 0 unspecified atom stereocenters. The van der Waals surface area contributed by atoms with E-state index < -0.39 is 12.3 Å². The molecule has 1 aliphatic heterocycles. The van der Waals surface area contributed by atoms with Gasteiger partial charge in [0.05, 0.1) is 6.10 Å². The first-order valence-electron chi connectivity index (χ1n) is 4.17. The molecule has 0 aromatic rings. The number of likely N-dealkylation sites (tertiary alicyclic amines) is 1. The minimum atomic E-state index is -1.05. The van der Waals surface area contributed by atoms with Gasteiger partial charge >= 0.3 is 0 Å². The Hall–Kier alpha value is -0.150. The molecular formula is C8H16FNO. The van der Waals surface area contributed by atoms with Crippen molar-refractivity contribution in [3.8, 4) is 0 Å². The molecule has 1 saturated heterocycles. The Balaban J connectivity index is 2.40. The number of halogens is 1. The molecule has 1 aliphatic rings. The molecule has 11 heavy (non-hydrogen) atoms. The topological polar surface area (TPSA) is 23.5 Å². The number of piperidine rings is 1. The second-order valence-corrected chi connectivity index (χ2v) is 3.46. The van der Waals surface area contributed by atoms with E-state index in [1.807, 2.05) is 13.8 Å². The quantitative estimate of drug-likeness (QED) is 0.615. The van der Waals surface area contributed by atoms with Crippen molar-refractivity contribution in [1.29, 1.82) is 0 Å². The smallest absolute Gasteiger partial charge is 0.139 e. The lowest BCUT2D eigenvalue weighted by Gasteiger charge is -2.34. The van der Waals surface area contributed by atoms with Crippen molar-refractivity contribution < 1.29 is 9.50 Å². The van der Waals surface area contributed by atoms with Crippen LogP contribution in [0.15, 0.2) is 0 Å². The minimum absolute atomic E-state index is 0.388. The van der Waals surface area contributed by atoms with Gasteiger partial charge in [0.1, 0.15) is 6.17 Å². The van der Waals surface area contributed by atoms with Crippen LogP contribution in [0, 0.1) is 0 Å². The highest BCUT2D eigenvalue weighted by molar-refractivity contribution is 4.80. The Morgan fingerprint density at radius 2 is 2.18 bits per heavy atom. The molecule has 1 heterocycles. The minimum Gasteiger partial charge on any atom is -0.390 e. The van der Waals surface area contributed by atoms with Gasteiger partial charge in [-0.15, -0.1) is 0 Å². The highest BCUT2D eigenvalue weighted by atomic mass is 19.1. The third kappa shape index (κ3) is 2.14. The highest BCUT2D eigenvalue weighted by Crippen LogP contribution is 2.15. The van der Waals surface area contributed by atoms with Crippen molar-refractivity contribution >= 4 is 0 Å². The van der Waals surface area contributed by atoms with Crippen molar-refractivity contribution in [3.05, 3.63) is 0 Å². The van der Waals surface area contributed by atoms with Crippen LogP contribution in [0.4, 0.5) is 4.39 Å². The normalized spacial score (nSPS) is 34.6. The molecule has 0 amide bonds. The average molecular weight is 161 g/mol. The van der Waals surface area contributed by atoms with Crippen LogP contribution in [0.2, 0.25) is 0 Å². The van der Waals surface area contributed by atoms with Crippen molar-refractivity contribution in [1.82, 2.24) is 4.90 Å². The lowest BCUT2D eigenvalue weighted by atomic mass is 10.1. The Morgan fingerprint density at radius 1 is 1.55 bits per heavy atom. The zero-order valence-corrected chi connectivity index (χ0v) is 7.13. The largest absolute Gasteiger partial charge is 0.390 e. The SMILES string of the molecule is CC(C)N1CC[C@H](O)[C@@H](F)C1. The van der Waals surface area contributed by atoms with Crippen molar-refractivity contribution in [2.45, 2.75) is 38.6 Å². The molecule has 0 aromatic carbocycles. The van der Waals surface area contributed by atoms with E-state index in [4.69, 9.17) is 5.11 Å². The maximum Gasteiger partial charge on any atom is 0.139 e. The van der Waals surface area contributed by atoms with Crippen LogP contribution in [-0.4, -0.2) is 41.4 Å². The van der Waals surface area contributed by atoms with Gasteiger partial charge in [-0.05, 0) is 20.3 Å². The Bertz CT molecular complexity index is 129. The molecule has 3 heteroatoms. The maximum absolute atomic E-state index is 12.9. The van der Waals surface area contributed by atoms with E-state index in [0.29, 0.717) is 19.0 Å². The first-order valence-corrected chi connectivity index (χ1v) is 4.17. The predicted molar refractivity (Wildman–Crippen MR) is 42.2 cm³/mol. The van der Waals surface area contributed by atoms with Crippen LogP contribution >= 0.6 is 0 Å². The number of aliphatic hydroxyl groups is 1. The van der Waals surface area contributed by atoms with E-state index in [1.54, 1.807) is 0 Å². The summed E-state index contributed by atoms with van der Waals surface area (Å²) in [7, 11) is 0. The zero-order chi connectivity index (χ0) is 8.43. The standard InChI is InChI=1S/C8H16FNO/c1-6(2)10-4-3-8(11)7(9)5-10/h6-8,11H,3-5H2,1-2H3/t7-,8-/m0/s1. The fraction of sp³-hybridized carbons (Fsp3) is 1.00. The van der Waals surface area contributed by atoms with Crippen LogP contribution in [-0.2, 0) is 0 Å². The van der Waals surface area contributed by atoms with E-state index in [-0.39, 0.29) is 0 Å². The summed E-state index contributed by atoms with van der Waals surface area (Å²) in [5, 5.41) is 9.08. The van der Waals surface area contributed by atoms with Gasteiger partial charge in [-0.25, -0.2) is 4.39 Å². The van der Waals surface area contributed by atoms with E-state index in [9.17, 15) is 4.39 Å². The predicted octanol–water partition coefficient (Wildman–Crippen LogP) is 0.800. The maximum atomic E-state index is 12.9. The molecule has 0 radical (unpaired) electrons. The number of nitrogens with zero attached hydrogens (tertiary/aromatic N) is 1. The molecule has 1 N–H and O–H groups in total. The summed E-state index contributed by atoms with van der Waals surface area (Å²) in [4.78, 5) is 2.05. The van der Waals surface area contributed by atoms with E-state index >= 15 is 0 Å². The Labute approximate surface area is 67.0 Å². The summed E-state index contributed by atoms with van der Waals surface area (Å²) in [5.74, 6) is 0. The highest BCUT2D eigenvalue weighted by Gasteiger charge is 2.28. The molecule has 0 spiro atoms. The van der Waals surface area contributed by atoms with Crippen LogP contribution < -0.4 is 0 Å². The van der Waals surface area contributed by atoms with Gasteiger partial charge in [-0.1, -0.05) is 0 Å². The van der Waals surface area contributed by atoms with Gasteiger partial charge in [-0.3, -0.25) is 4.90 Å². The summed E-state index contributed by atoms with van der Waals surface area (Å²) < 4.78 is 12.9. The van der Waals surface area contributed by atoms with Crippen molar-refractivity contribution in [2.75, 3.05) is 13.1 Å². The second kappa shape index (κ2) is 3.50. The molecule has 0 aromatic heterocycles. The van der Waals surface area contributed by atoms with E-state index in [1.165, 1.54) is 0 Å². The summed E-state index contributed by atoms with van der Waals surface area (Å²) in [6, 6.07) is 0.390. The van der Waals surface area contributed by atoms with Crippen molar-refractivity contribution in [2.24, 2.45) is 0 Å². The molecule has 0 bridgehead atoms. The van der Waals surface area contributed by atoms with Gasteiger partial charge in [0.2, 0.25) is 0 Å². The third-order valence-electron chi connectivity index (χ3n) is 2.27. The molecule has 0 saturated carbocycles. The Morgan fingerprint density at radius 3 is 2.64 bits per heavy atom. The third-order valence-corrected chi connectivity index (χ3v) is 2.27. The van der Waals surface area contributed by atoms with Gasteiger partial charge in [0.25, 0.3) is 0 Å². The second-order valence-electron chi connectivity index (χ2n) is 3.46. The first kappa shape index (κ1) is 8.94. The fourth-order valence-corrected chi connectivity index (χ4v) is 1.38.